The van der Waals surface area contributed by atoms with Gasteiger partial charge in [0.1, 0.15) is 0 Å². The van der Waals surface area contributed by atoms with Crippen molar-refractivity contribution in [3.8, 4) is 0 Å². The van der Waals surface area contributed by atoms with Crippen LogP contribution in [0.3, 0.4) is 0 Å². The molecule has 7 heteroatoms. The zero-order chi connectivity index (χ0) is 25.2. The average Bonchev–Trinajstić information content (AvgIpc) is 2.73. The SMILES string of the molecule is CC(C)=CCC/C(C)=C\C=N\NC(=O)[C@H](C)S[C@@H](C)C(=O)N/N=C/C=C(\C)CCC=C(C)C. The van der Waals surface area contributed by atoms with E-state index in [1.807, 2.05) is 26.0 Å². The highest BCUT2D eigenvalue weighted by Crippen LogP contribution is 2.17. The number of rotatable bonds is 14. The summed E-state index contributed by atoms with van der Waals surface area (Å²) in [4.78, 5) is 24.4. The standard InChI is InChI=1S/C26H42N4O2S/c1-19(2)11-9-13-21(5)15-17-27-29-25(31)23(7)33-24(8)26(32)30-28-18-16-22(6)14-10-12-20(3)4/h11-12,15-18,23-24H,9-10,13-14H2,1-8H3,(H,29,31)(H,30,32)/b21-15-,22-16+,27-17+,28-18+/t23-,24-/m0/s1. The Hall–Kier alpha value is -2.41. The van der Waals surface area contributed by atoms with Gasteiger partial charge in [0.05, 0.1) is 10.5 Å². The molecule has 0 aromatic carbocycles. The van der Waals surface area contributed by atoms with Crippen molar-refractivity contribution in [3.63, 3.8) is 0 Å². The molecule has 0 saturated carbocycles. The molecule has 0 aliphatic heterocycles. The monoisotopic (exact) mass is 474 g/mol. The van der Waals surface area contributed by atoms with E-state index in [-0.39, 0.29) is 11.8 Å². The molecule has 0 radical (unpaired) electrons. The predicted molar refractivity (Wildman–Crippen MR) is 145 cm³/mol. The van der Waals surface area contributed by atoms with Crippen molar-refractivity contribution in [2.24, 2.45) is 10.2 Å². The Labute approximate surface area is 204 Å². The summed E-state index contributed by atoms with van der Waals surface area (Å²) in [5, 5.41) is 7.10. The van der Waals surface area contributed by atoms with E-state index in [1.165, 1.54) is 34.1 Å². The van der Waals surface area contributed by atoms with Crippen molar-refractivity contribution in [1.82, 2.24) is 10.9 Å². The molecular formula is C26H42N4O2S. The first kappa shape index (κ1) is 30.6. The molecule has 0 aliphatic rings. The maximum absolute atomic E-state index is 12.2. The van der Waals surface area contributed by atoms with E-state index < -0.39 is 10.5 Å². The number of nitrogens with zero attached hydrogens (tertiary/aromatic N) is 2. The van der Waals surface area contributed by atoms with Gasteiger partial charge >= 0.3 is 0 Å². The highest BCUT2D eigenvalue weighted by atomic mass is 32.2. The highest BCUT2D eigenvalue weighted by Gasteiger charge is 2.21. The largest absolute Gasteiger partial charge is 0.272 e. The van der Waals surface area contributed by atoms with Crippen LogP contribution in [0.1, 0.15) is 81.1 Å². The van der Waals surface area contributed by atoms with Crippen LogP contribution in [0.4, 0.5) is 0 Å². The number of carbonyl (C=O) groups excluding carboxylic acids is 2. The van der Waals surface area contributed by atoms with Gasteiger partial charge in [-0.05, 0) is 93.2 Å². The lowest BCUT2D eigenvalue weighted by Crippen LogP contribution is -2.33. The molecule has 0 bridgehead atoms. The van der Waals surface area contributed by atoms with Crippen molar-refractivity contribution >= 4 is 36.0 Å². The Morgan fingerprint density at radius 2 is 1.09 bits per heavy atom. The van der Waals surface area contributed by atoms with Crippen LogP contribution in [-0.2, 0) is 9.59 Å². The van der Waals surface area contributed by atoms with E-state index in [9.17, 15) is 9.59 Å². The third kappa shape index (κ3) is 17.8. The molecule has 0 aromatic heterocycles. The zero-order valence-corrected chi connectivity index (χ0v) is 22.4. The van der Waals surface area contributed by atoms with Crippen LogP contribution in [0.15, 0.2) is 56.8 Å². The molecule has 184 valence electrons. The van der Waals surface area contributed by atoms with Gasteiger partial charge in [0.2, 0.25) is 0 Å². The molecule has 6 nitrogen and oxygen atoms in total. The van der Waals surface area contributed by atoms with E-state index in [0.29, 0.717) is 0 Å². The van der Waals surface area contributed by atoms with E-state index in [2.05, 4.69) is 60.9 Å². The van der Waals surface area contributed by atoms with Gasteiger partial charge < -0.3 is 0 Å². The number of amides is 2. The molecule has 0 unspecified atom stereocenters. The minimum atomic E-state index is -0.424. The topological polar surface area (TPSA) is 82.9 Å². The van der Waals surface area contributed by atoms with Crippen LogP contribution in [0.2, 0.25) is 0 Å². The fourth-order valence-corrected chi connectivity index (χ4v) is 3.45. The number of hydrogen-bond donors (Lipinski definition) is 2. The molecule has 2 N–H and O–H groups in total. The summed E-state index contributed by atoms with van der Waals surface area (Å²) in [6.45, 7) is 15.9. The fourth-order valence-electron chi connectivity index (χ4n) is 2.49. The summed E-state index contributed by atoms with van der Waals surface area (Å²) < 4.78 is 0. The third-order valence-corrected chi connectivity index (χ3v) is 5.79. The lowest BCUT2D eigenvalue weighted by molar-refractivity contribution is -0.120. The van der Waals surface area contributed by atoms with E-state index >= 15 is 0 Å². The number of hydrazone groups is 2. The Morgan fingerprint density at radius 1 is 0.727 bits per heavy atom. The van der Waals surface area contributed by atoms with E-state index in [0.717, 1.165) is 25.7 Å². The zero-order valence-electron chi connectivity index (χ0n) is 21.6. The van der Waals surface area contributed by atoms with E-state index in [4.69, 9.17) is 0 Å². The van der Waals surface area contributed by atoms with Crippen LogP contribution < -0.4 is 10.9 Å². The first-order valence-electron chi connectivity index (χ1n) is 11.4. The molecule has 0 saturated heterocycles. The number of carbonyl (C=O) groups is 2. The molecule has 2 amide bonds. The van der Waals surface area contributed by atoms with Crippen LogP contribution >= 0.6 is 11.8 Å². The maximum Gasteiger partial charge on any atom is 0.252 e. The summed E-state index contributed by atoms with van der Waals surface area (Å²) in [5.41, 5.74) is 10.0. The molecule has 0 spiro atoms. The molecule has 0 heterocycles. The summed E-state index contributed by atoms with van der Waals surface area (Å²) in [6, 6.07) is 0. The van der Waals surface area contributed by atoms with Crippen molar-refractivity contribution in [2.75, 3.05) is 0 Å². The van der Waals surface area contributed by atoms with Gasteiger partial charge in [0.25, 0.3) is 11.8 Å². The van der Waals surface area contributed by atoms with Crippen molar-refractivity contribution in [3.05, 3.63) is 46.6 Å². The lowest BCUT2D eigenvalue weighted by Gasteiger charge is -2.14. The second kappa shape index (κ2) is 18.1. The van der Waals surface area contributed by atoms with Gasteiger partial charge in [-0.1, -0.05) is 34.4 Å². The lowest BCUT2D eigenvalue weighted by atomic mass is 10.1. The van der Waals surface area contributed by atoms with Crippen molar-refractivity contribution in [2.45, 2.75) is 91.6 Å². The maximum atomic E-state index is 12.2. The number of allylic oxidation sites excluding steroid dienone is 8. The molecule has 0 aromatic rings. The second-order valence-corrected chi connectivity index (χ2v) is 10.3. The fraction of sp³-hybridized carbons (Fsp3) is 0.538. The molecule has 33 heavy (non-hydrogen) atoms. The van der Waals surface area contributed by atoms with Gasteiger partial charge in [0, 0.05) is 12.4 Å². The summed E-state index contributed by atoms with van der Waals surface area (Å²) in [7, 11) is 0. The summed E-state index contributed by atoms with van der Waals surface area (Å²) in [6.07, 6.45) is 15.3. The van der Waals surface area contributed by atoms with Gasteiger partial charge in [-0.2, -0.15) is 10.2 Å². The molecule has 0 fully saturated rings. The molecule has 0 rings (SSSR count). The summed E-state index contributed by atoms with van der Waals surface area (Å²) in [5.74, 6) is -0.491. The van der Waals surface area contributed by atoms with Gasteiger partial charge in [-0.3, -0.25) is 9.59 Å². The molecule has 2 atom stereocenters. The van der Waals surface area contributed by atoms with Crippen LogP contribution in [0.25, 0.3) is 0 Å². The Kier molecular flexibility index (Phi) is 16.7. The van der Waals surface area contributed by atoms with Crippen molar-refractivity contribution < 1.29 is 9.59 Å². The summed E-state index contributed by atoms with van der Waals surface area (Å²) >= 11 is 1.26. The van der Waals surface area contributed by atoms with Crippen LogP contribution in [-0.4, -0.2) is 34.7 Å². The van der Waals surface area contributed by atoms with Gasteiger partial charge in [-0.15, -0.1) is 11.8 Å². The van der Waals surface area contributed by atoms with Gasteiger partial charge in [0.15, 0.2) is 0 Å². The normalized spacial score (nSPS) is 14.2. The molecule has 0 aliphatic carbocycles. The predicted octanol–water partition coefficient (Wildman–Crippen LogP) is 6.09. The Balaban J connectivity index is 4.37. The number of thioether (sulfide) groups is 1. The van der Waals surface area contributed by atoms with E-state index in [1.54, 1.807) is 26.3 Å². The number of hydrogen-bond acceptors (Lipinski definition) is 5. The third-order valence-electron chi connectivity index (χ3n) is 4.55. The average molecular weight is 475 g/mol. The minimum absolute atomic E-state index is 0.245. The Morgan fingerprint density at radius 3 is 1.42 bits per heavy atom. The van der Waals surface area contributed by atoms with Crippen LogP contribution in [0, 0.1) is 0 Å². The second-order valence-electron chi connectivity index (χ2n) is 8.60. The number of nitrogens with one attached hydrogen (secondary N) is 2. The Bertz CT molecular complexity index is 733. The highest BCUT2D eigenvalue weighted by molar-refractivity contribution is 8.01. The van der Waals surface area contributed by atoms with Crippen LogP contribution in [0.5, 0.6) is 0 Å². The van der Waals surface area contributed by atoms with Crippen molar-refractivity contribution in [1.29, 1.82) is 0 Å². The first-order chi connectivity index (χ1) is 15.5. The first-order valence-corrected chi connectivity index (χ1v) is 12.4. The van der Waals surface area contributed by atoms with Gasteiger partial charge in [-0.25, -0.2) is 10.9 Å². The minimum Gasteiger partial charge on any atom is -0.272 e. The molecular weight excluding hydrogens is 432 g/mol. The smallest absolute Gasteiger partial charge is 0.252 e. The quantitative estimate of drug-likeness (QED) is 0.182.